The van der Waals surface area contributed by atoms with E-state index in [9.17, 15) is 18.0 Å². The van der Waals surface area contributed by atoms with Gasteiger partial charge in [0.05, 0.1) is 17.6 Å². The lowest BCUT2D eigenvalue weighted by Crippen LogP contribution is -2.41. The normalized spacial score (nSPS) is 12.4. The van der Waals surface area contributed by atoms with Gasteiger partial charge in [-0.15, -0.1) is 0 Å². The summed E-state index contributed by atoms with van der Waals surface area (Å²) < 4.78 is 33.2. The van der Waals surface area contributed by atoms with Gasteiger partial charge in [-0.25, -0.2) is 13.2 Å². The molecule has 0 aromatic heterocycles. The van der Waals surface area contributed by atoms with E-state index in [1.165, 1.54) is 31.4 Å². The summed E-state index contributed by atoms with van der Waals surface area (Å²) >= 11 is 6.19. The highest BCUT2D eigenvalue weighted by atomic mass is 35.5. The molecule has 0 saturated heterocycles. The number of halogens is 1. The van der Waals surface area contributed by atoms with Crippen LogP contribution in [0.15, 0.2) is 77.7 Å². The predicted molar refractivity (Wildman–Crippen MR) is 125 cm³/mol. The Balaban J connectivity index is 2.12. The fourth-order valence-corrected chi connectivity index (χ4v) is 5.18. The van der Waals surface area contributed by atoms with Crippen molar-refractivity contribution >= 4 is 33.5 Å². The summed E-state index contributed by atoms with van der Waals surface area (Å²) in [7, 11) is -2.93. The number of aryl methyl sites for hydroxylation is 1. The number of nitrogens with zero attached hydrogens (tertiary/aromatic N) is 1. The lowest BCUT2D eigenvalue weighted by molar-refractivity contribution is -0.122. The van der Waals surface area contributed by atoms with Crippen molar-refractivity contribution in [1.82, 2.24) is 4.31 Å². The van der Waals surface area contributed by atoms with Gasteiger partial charge in [0.25, 0.3) is 0 Å². The van der Waals surface area contributed by atoms with Crippen molar-refractivity contribution in [2.24, 2.45) is 5.73 Å². The monoisotopic (exact) mass is 486 g/mol. The Morgan fingerprint density at radius 3 is 2.21 bits per heavy atom. The van der Waals surface area contributed by atoms with E-state index >= 15 is 0 Å². The summed E-state index contributed by atoms with van der Waals surface area (Å²) in [6, 6.07) is 17.8. The topological polar surface area (TPSA) is 107 Å². The molecule has 2 N–H and O–H groups in total. The second kappa shape index (κ2) is 10.2. The van der Waals surface area contributed by atoms with E-state index in [-0.39, 0.29) is 16.5 Å². The van der Waals surface area contributed by atoms with Crippen LogP contribution in [0.4, 0.5) is 0 Å². The molecule has 0 spiro atoms. The number of esters is 1. The van der Waals surface area contributed by atoms with Crippen LogP contribution in [0.3, 0.4) is 0 Å². The fourth-order valence-electron chi connectivity index (χ4n) is 3.34. The maximum absolute atomic E-state index is 13.7. The molecule has 0 aliphatic rings. The van der Waals surface area contributed by atoms with Crippen molar-refractivity contribution in [3.8, 4) is 0 Å². The number of hydrogen-bond acceptors (Lipinski definition) is 5. The molecule has 9 heteroatoms. The second-order valence-electron chi connectivity index (χ2n) is 7.37. The van der Waals surface area contributed by atoms with Crippen LogP contribution in [0, 0.1) is 6.92 Å². The Morgan fingerprint density at radius 1 is 1.03 bits per heavy atom. The third kappa shape index (κ3) is 5.42. The van der Waals surface area contributed by atoms with Crippen molar-refractivity contribution in [1.29, 1.82) is 0 Å². The number of ether oxygens (including phenoxy) is 1. The van der Waals surface area contributed by atoms with Crippen LogP contribution in [0.2, 0.25) is 5.02 Å². The molecule has 3 rings (SSSR count). The molecule has 33 heavy (non-hydrogen) atoms. The number of sulfonamides is 1. The smallest absolute Gasteiger partial charge is 0.337 e. The minimum Gasteiger partial charge on any atom is -0.465 e. The highest BCUT2D eigenvalue weighted by molar-refractivity contribution is 7.89. The number of methoxy groups -OCH3 is 1. The van der Waals surface area contributed by atoms with Gasteiger partial charge < -0.3 is 10.5 Å². The van der Waals surface area contributed by atoms with E-state index in [2.05, 4.69) is 0 Å². The molecule has 3 aromatic carbocycles. The number of carbonyl (C=O) groups is 2. The molecule has 7 nitrogen and oxygen atoms in total. The Morgan fingerprint density at radius 2 is 1.67 bits per heavy atom. The number of rotatable bonds is 8. The van der Waals surface area contributed by atoms with E-state index in [0.717, 1.165) is 9.87 Å². The van der Waals surface area contributed by atoms with Crippen molar-refractivity contribution < 1.29 is 22.7 Å². The van der Waals surface area contributed by atoms with Gasteiger partial charge in [0.2, 0.25) is 15.9 Å². The van der Waals surface area contributed by atoms with Gasteiger partial charge in [-0.05, 0) is 47.9 Å². The van der Waals surface area contributed by atoms with Crippen LogP contribution in [-0.2, 0) is 26.1 Å². The summed E-state index contributed by atoms with van der Waals surface area (Å²) in [5, 5.41) is 0.286. The molecule has 0 aliphatic heterocycles. The molecular formula is C24H23ClN2O5S. The number of hydrogen-bond donors (Lipinski definition) is 1. The zero-order chi connectivity index (χ0) is 24.2. The van der Waals surface area contributed by atoms with Crippen molar-refractivity contribution in [3.05, 3.63) is 100 Å². The van der Waals surface area contributed by atoms with Crippen molar-refractivity contribution in [2.45, 2.75) is 24.4 Å². The van der Waals surface area contributed by atoms with Gasteiger partial charge in [0.15, 0.2) is 0 Å². The fraction of sp³-hybridized carbons (Fsp3) is 0.167. The molecule has 0 saturated carbocycles. The Bertz CT molecular complexity index is 1260. The third-order valence-electron chi connectivity index (χ3n) is 5.14. The number of primary amides is 1. The molecule has 1 atom stereocenters. The van der Waals surface area contributed by atoms with Crippen LogP contribution in [0.1, 0.15) is 33.1 Å². The highest BCUT2D eigenvalue weighted by Gasteiger charge is 2.36. The molecule has 0 radical (unpaired) electrons. The largest absolute Gasteiger partial charge is 0.465 e. The standard InChI is InChI=1S/C24H23ClN2O5S/c1-16-8-13-20(14-21(16)25)33(30,31)27(22(23(26)28)18-6-4-3-5-7-18)15-17-9-11-19(12-10-17)24(29)32-2/h3-14,22H,15H2,1-2H3,(H2,26,28)/t22-/m1/s1. The molecule has 0 bridgehead atoms. The predicted octanol–water partition coefficient (Wildman–Crippen LogP) is 3.85. The van der Waals surface area contributed by atoms with Crippen molar-refractivity contribution in [2.75, 3.05) is 7.11 Å². The van der Waals surface area contributed by atoms with Crippen LogP contribution < -0.4 is 5.73 Å². The quantitative estimate of drug-likeness (QED) is 0.486. The minimum absolute atomic E-state index is 0.0635. The van der Waals surface area contributed by atoms with E-state index in [4.69, 9.17) is 22.1 Å². The lowest BCUT2D eigenvalue weighted by atomic mass is 10.1. The Hall–Kier alpha value is -3.20. The number of amides is 1. The van der Waals surface area contributed by atoms with Gasteiger partial charge in [0, 0.05) is 11.6 Å². The first-order valence-corrected chi connectivity index (χ1v) is 11.8. The van der Waals surface area contributed by atoms with E-state index in [0.29, 0.717) is 16.7 Å². The van der Waals surface area contributed by atoms with Crippen LogP contribution >= 0.6 is 11.6 Å². The first-order valence-electron chi connectivity index (χ1n) is 9.94. The third-order valence-corrected chi connectivity index (χ3v) is 7.35. The zero-order valence-corrected chi connectivity index (χ0v) is 19.6. The van der Waals surface area contributed by atoms with Gasteiger partial charge in [0.1, 0.15) is 6.04 Å². The molecule has 172 valence electrons. The minimum atomic E-state index is -4.21. The first kappa shape index (κ1) is 24.4. The second-order valence-corrected chi connectivity index (χ2v) is 9.66. The summed E-state index contributed by atoms with van der Waals surface area (Å²) in [5.74, 6) is -1.34. The summed E-state index contributed by atoms with van der Waals surface area (Å²) in [4.78, 5) is 24.2. The molecule has 0 unspecified atom stereocenters. The lowest BCUT2D eigenvalue weighted by Gasteiger charge is -2.29. The van der Waals surface area contributed by atoms with Gasteiger partial charge in [-0.3, -0.25) is 4.79 Å². The summed E-state index contributed by atoms with van der Waals surface area (Å²) in [6.45, 7) is 1.59. The van der Waals surface area contributed by atoms with Gasteiger partial charge in [-0.2, -0.15) is 4.31 Å². The molecule has 3 aromatic rings. The van der Waals surface area contributed by atoms with Crippen LogP contribution in [0.5, 0.6) is 0 Å². The van der Waals surface area contributed by atoms with Gasteiger partial charge >= 0.3 is 5.97 Å². The maximum Gasteiger partial charge on any atom is 0.337 e. The van der Waals surface area contributed by atoms with E-state index < -0.39 is 27.9 Å². The SMILES string of the molecule is COC(=O)c1ccc(CN([C@@H](C(N)=O)c2ccccc2)S(=O)(=O)c2ccc(C)c(Cl)c2)cc1. The molecular weight excluding hydrogens is 464 g/mol. The van der Waals surface area contributed by atoms with Gasteiger partial charge in [-0.1, -0.05) is 60.1 Å². The molecule has 1 amide bonds. The number of benzene rings is 3. The number of carbonyl (C=O) groups excluding carboxylic acids is 2. The Kier molecular flexibility index (Phi) is 7.53. The molecule has 0 heterocycles. The van der Waals surface area contributed by atoms with Crippen LogP contribution in [-0.4, -0.2) is 31.7 Å². The average Bonchev–Trinajstić information content (AvgIpc) is 2.80. The molecule has 0 aliphatic carbocycles. The van der Waals surface area contributed by atoms with E-state index in [1.807, 2.05) is 0 Å². The first-order chi connectivity index (χ1) is 15.6. The number of nitrogens with two attached hydrogens (primary N) is 1. The maximum atomic E-state index is 13.7. The average molecular weight is 487 g/mol. The van der Waals surface area contributed by atoms with Crippen LogP contribution in [0.25, 0.3) is 0 Å². The van der Waals surface area contributed by atoms with E-state index in [1.54, 1.807) is 55.5 Å². The van der Waals surface area contributed by atoms with Crippen molar-refractivity contribution in [3.63, 3.8) is 0 Å². The highest BCUT2D eigenvalue weighted by Crippen LogP contribution is 2.31. The summed E-state index contributed by atoms with van der Waals surface area (Å²) in [5.41, 5.74) is 7.71. The Labute approximate surface area is 197 Å². The summed E-state index contributed by atoms with van der Waals surface area (Å²) in [6.07, 6.45) is 0. The zero-order valence-electron chi connectivity index (χ0n) is 18.1. The molecule has 0 fully saturated rings.